The summed E-state index contributed by atoms with van der Waals surface area (Å²) in [5, 5.41) is 17.4. The Morgan fingerprint density at radius 3 is 2.89 bits per heavy atom. The fourth-order valence-corrected chi connectivity index (χ4v) is 6.47. The molecule has 188 valence electrons. The number of ether oxygens (including phenoxy) is 1. The number of amides is 2. The zero-order valence-corrected chi connectivity index (χ0v) is 20.4. The van der Waals surface area contributed by atoms with Crippen LogP contribution in [-0.4, -0.2) is 64.5 Å². The van der Waals surface area contributed by atoms with Crippen molar-refractivity contribution in [1.29, 1.82) is 0 Å². The van der Waals surface area contributed by atoms with E-state index in [0.29, 0.717) is 23.6 Å². The Hall–Kier alpha value is -3.46. The molecule has 5 atom stereocenters. The molecule has 9 nitrogen and oxygen atoms in total. The van der Waals surface area contributed by atoms with Gasteiger partial charge in [0, 0.05) is 36.9 Å². The highest BCUT2D eigenvalue weighted by Crippen LogP contribution is 2.47. The number of nitrogens with zero attached hydrogens (tertiary/aromatic N) is 3. The number of fused-ring (bicyclic) bond motifs is 4. The first kappa shape index (κ1) is 23.0. The van der Waals surface area contributed by atoms with E-state index in [-0.39, 0.29) is 35.9 Å². The van der Waals surface area contributed by atoms with Gasteiger partial charge in [-0.1, -0.05) is 36.3 Å². The van der Waals surface area contributed by atoms with Crippen molar-refractivity contribution in [3.63, 3.8) is 0 Å². The summed E-state index contributed by atoms with van der Waals surface area (Å²) in [6, 6.07) is 13.6. The number of carbonyl (C=O) groups excluding carboxylic acids is 2. The number of likely N-dealkylation sites (tertiary alicyclic amines) is 1. The van der Waals surface area contributed by atoms with Crippen molar-refractivity contribution < 1.29 is 14.3 Å². The Morgan fingerprint density at radius 1 is 1.14 bits per heavy atom. The van der Waals surface area contributed by atoms with Gasteiger partial charge in [0.25, 0.3) is 5.91 Å². The molecule has 2 amide bonds. The molecule has 3 heterocycles. The SMILES string of the molecule is COCC1Nc2ccccc2[C@H]2[C@@H]1CCN2C(=O)[C@H]1CCCC[C@H]1NC(=O)c1ccc2[nH]nnc2c1. The molecule has 3 aliphatic rings. The van der Waals surface area contributed by atoms with Crippen molar-refractivity contribution in [3.05, 3.63) is 53.6 Å². The number of rotatable bonds is 5. The molecule has 3 N–H and O–H groups in total. The summed E-state index contributed by atoms with van der Waals surface area (Å²) in [5.41, 5.74) is 4.23. The number of benzene rings is 2. The smallest absolute Gasteiger partial charge is 0.251 e. The Balaban J connectivity index is 1.23. The van der Waals surface area contributed by atoms with Crippen LogP contribution in [0.25, 0.3) is 11.0 Å². The van der Waals surface area contributed by atoms with Gasteiger partial charge in [0.1, 0.15) is 5.52 Å². The number of para-hydroxylation sites is 1. The van der Waals surface area contributed by atoms with E-state index in [9.17, 15) is 9.59 Å². The van der Waals surface area contributed by atoms with Gasteiger partial charge in [-0.05, 0) is 49.1 Å². The highest BCUT2D eigenvalue weighted by molar-refractivity contribution is 5.97. The van der Waals surface area contributed by atoms with Crippen LogP contribution in [-0.2, 0) is 9.53 Å². The Labute approximate surface area is 210 Å². The van der Waals surface area contributed by atoms with Crippen molar-refractivity contribution >= 4 is 28.5 Å². The van der Waals surface area contributed by atoms with E-state index < -0.39 is 0 Å². The van der Waals surface area contributed by atoms with Gasteiger partial charge in [-0.15, -0.1) is 5.10 Å². The highest BCUT2D eigenvalue weighted by atomic mass is 16.5. The molecular formula is C27H32N6O3. The first-order valence-corrected chi connectivity index (χ1v) is 12.9. The fraction of sp³-hybridized carbons (Fsp3) is 0.481. The molecule has 6 rings (SSSR count). The third-order valence-corrected chi connectivity index (χ3v) is 8.20. The van der Waals surface area contributed by atoms with Gasteiger partial charge in [-0.3, -0.25) is 14.7 Å². The third kappa shape index (κ3) is 4.01. The van der Waals surface area contributed by atoms with E-state index in [1.165, 1.54) is 5.56 Å². The van der Waals surface area contributed by atoms with Gasteiger partial charge >= 0.3 is 0 Å². The Bertz CT molecular complexity index is 1280. The van der Waals surface area contributed by atoms with Gasteiger partial charge in [-0.2, -0.15) is 0 Å². The van der Waals surface area contributed by atoms with Crippen LogP contribution in [0.3, 0.4) is 0 Å². The second kappa shape index (κ2) is 9.54. The van der Waals surface area contributed by atoms with Crippen LogP contribution in [0.5, 0.6) is 0 Å². The quantitative estimate of drug-likeness (QED) is 0.508. The zero-order chi connectivity index (χ0) is 24.6. The van der Waals surface area contributed by atoms with E-state index in [4.69, 9.17) is 4.74 Å². The molecule has 2 aromatic carbocycles. The largest absolute Gasteiger partial charge is 0.383 e. The lowest BCUT2D eigenvalue weighted by atomic mass is 9.81. The second-order valence-electron chi connectivity index (χ2n) is 10.2. The molecule has 1 unspecified atom stereocenters. The van der Waals surface area contributed by atoms with Crippen molar-refractivity contribution in [3.8, 4) is 0 Å². The molecule has 0 bridgehead atoms. The topological polar surface area (TPSA) is 112 Å². The van der Waals surface area contributed by atoms with E-state index >= 15 is 0 Å². The van der Waals surface area contributed by atoms with E-state index in [2.05, 4.69) is 43.1 Å². The van der Waals surface area contributed by atoms with Crippen LogP contribution in [0.1, 0.15) is 54.1 Å². The number of aromatic amines is 1. The number of H-pyrrole nitrogens is 1. The van der Waals surface area contributed by atoms with Crippen LogP contribution < -0.4 is 10.6 Å². The summed E-state index contributed by atoms with van der Waals surface area (Å²) in [7, 11) is 1.73. The monoisotopic (exact) mass is 488 g/mol. The number of nitrogens with one attached hydrogen (secondary N) is 3. The molecule has 1 saturated carbocycles. The van der Waals surface area contributed by atoms with Gasteiger partial charge in [0.2, 0.25) is 5.91 Å². The molecule has 2 aliphatic heterocycles. The molecule has 1 aromatic heterocycles. The van der Waals surface area contributed by atoms with Gasteiger partial charge in [0.05, 0.1) is 30.1 Å². The average molecular weight is 489 g/mol. The van der Waals surface area contributed by atoms with Crippen molar-refractivity contribution in [2.24, 2.45) is 11.8 Å². The molecule has 9 heteroatoms. The standard InChI is InChI=1S/C27H32N6O3/c1-36-15-24-18-12-13-33(25(18)17-6-2-4-8-20(17)28-24)27(35)19-7-3-5-9-21(19)29-26(34)16-10-11-22-23(14-16)31-32-30-22/h2,4,6,8,10-11,14,18-19,21,24-25,28H,3,5,7,9,12-13,15H2,1H3,(H,29,34)(H,30,31,32)/t18-,19+,21-,24?,25+/m1/s1. The Kier molecular flexibility index (Phi) is 6.08. The second-order valence-corrected chi connectivity index (χ2v) is 10.2. The number of hydrogen-bond donors (Lipinski definition) is 3. The van der Waals surface area contributed by atoms with Crippen LogP contribution in [0.4, 0.5) is 5.69 Å². The molecule has 0 spiro atoms. The predicted octanol–water partition coefficient (Wildman–Crippen LogP) is 3.28. The van der Waals surface area contributed by atoms with Gasteiger partial charge < -0.3 is 20.3 Å². The van der Waals surface area contributed by atoms with Crippen LogP contribution in [0.2, 0.25) is 0 Å². The number of hydrogen-bond acceptors (Lipinski definition) is 6. The summed E-state index contributed by atoms with van der Waals surface area (Å²) < 4.78 is 5.52. The molecule has 2 fully saturated rings. The average Bonchev–Trinajstić information content (AvgIpc) is 3.56. The number of aromatic nitrogens is 3. The molecule has 0 radical (unpaired) electrons. The molecule has 3 aromatic rings. The van der Waals surface area contributed by atoms with E-state index in [1.807, 2.05) is 18.2 Å². The van der Waals surface area contributed by atoms with Gasteiger partial charge in [0.15, 0.2) is 0 Å². The minimum absolute atomic E-state index is 0.0305. The summed E-state index contributed by atoms with van der Waals surface area (Å²) in [6.45, 7) is 1.33. The summed E-state index contributed by atoms with van der Waals surface area (Å²) in [4.78, 5) is 29.3. The van der Waals surface area contributed by atoms with Crippen LogP contribution >= 0.6 is 0 Å². The number of carbonyl (C=O) groups is 2. The Morgan fingerprint density at radius 2 is 2.00 bits per heavy atom. The minimum Gasteiger partial charge on any atom is -0.383 e. The van der Waals surface area contributed by atoms with E-state index in [1.54, 1.807) is 19.2 Å². The number of anilines is 1. The van der Waals surface area contributed by atoms with Crippen molar-refractivity contribution in [2.75, 3.05) is 25.6 Å². The van der Waals surface area contributed by atoms with Gasteiger partial charge in [-0.25, -0.2) is 0 Å². The highest BCUT2D eigenvalue weighted by Gasteiger charge is 2.48. The molecule has 1 saturated heterocycles. The predicted molar refractivity (Wildman–Crippen MR) is 135 cm³/mol. The normalized spacial score (nSPS) is 27.2. The maximum absolute atomic E-state index is 14.1. The minimum atomic E-state index is -0.222. The lowest BCUT2D eigenvalue weighted by Crippen LogP contribution is -2.50. The zero-order valence-electron chi connectivity index (χ0n) is 20.4. The maximum Gasteiger partial charge on any atom is 0.251 e. The first-order chi connectivity index (χ1) is 17.6. The lowest BCUT2D eigenvalue weighted by molar-refractivity contribution is -0.139. The third-order valence-electron chi connectivity index (χ3n) is 8.20. The molecular weight excluding hydrogens is 456 g/mol. The van der Waals surface area contributed by atoms with Crippen molar-refractivity contribution in [1.82, 2.24) is 25.6 Å². The lowest BCUT2D eigenvalue weighted by Gasteiger charge is -2.41. The molecule has 1 aliphatic carbocycles. The fourth-order valence-electron chi connectivity index (χ4n) is 6.47. The van der Waals surface area contributed by atoms with Crippen LogP contribution in [0.15, 0.2) is 42.5 Å². The number of methoxy groups -OCH3 is 1. The molecule has 36 heavy (non-hydrogen) atoms. The first-order valence-electron chi connectivity index (χ1n) is 12.9. The summed E-state index contributed by atoms with van der Waals surface area (Å²) >= 11 is 0. The summed E-state index contributed by atoms with van der Waals surface area (Å²) in [5.74, 6) is 0.0679. The summed E-state index contributed by atoms with van der Waals surface area (Å²) in [6.07, 6.45) is 4.54. The van der Waals surface area contributed by atoms with Crippen LogP contribution in [0, 0.1) is 11.8 Å². The van der Waals surface area contributed by atoms with Crippen molar-refractivity contribution in [2.45, 2.75) is 50.2 Å². The maximum atomic E-state index is 14.1. The van der Waals surface area contributed by atoms with E-state index in [0.717, 1.165) is 49.9 Å².